The topological polar surface area (TPSA) is 38.0 Å². The van der Waals surface area contributed by atoms with Crippen molar-refractivity contribution in [2.45, 2.75) is 19.1 Å². The molecule has 1 heterocycles. The Kier molecular flexibility index (Phi) is 7.44. The maximum Gasteiger partial charge on any atom is 0.416 e. The summed E-state index contributed by atoms with van der Waals surface area (Å²) in [7, 11) is 0. The second kappa shape index (κ2) is 10.0. The van der Waals surface area contributed by atoms with Gasteiger partial charge in [-0.15, -0.1) is 0 Å². The summed E-state index contributed by atoms with van der Waals surface area (Å²) in [6.45, 7) is 4.46. The highest BCUT2D eigenvalue weighted by atomic mass is 19.4. The van der Waals surface area contributed by atoms with Crippen LogP contribution in [0.15, 0.2) is 48.5 Å². The summed E-state index contributed by atoms with van der Waals surface area (Å²) in [6.07, 6.45) is -3.88. The summed E-state index contributed by atoms with van der Waals surface area (Å²) in [5.41, 5.74) is 0.641. The summed E-state index contributed by atoms with van der Waals surface area (Å²) >= 11 is 0. The molecule has 3 rings (SSSR count). The Balaban J connectivity index is 1.38. The number of amides is 1. The van der Waals surface area contributed by atoms with E-state index in [0.29, 0.717) is 37.2 Å². The van der Waals surface area contributed by atoms with Gasteiger partial charge in [0.05, 0.1) is 5.56 Å². The Morgan fingerprint density at radius 2 is 1.67 bits per heavy atom. The van der Waals surface area contributed by atoms with Gasteiger partial charge in [0.25, 0.3) is 5.91 Å². The molecule has 2 aromatic carbocycles. The zero-order valence-electron chi connectivity index (χ0n) is 16.7. The van der Waals surface area contributed by atoms with E-state index in [1.54, 1.807) is 24.3 Å². The van der Waals surface area contributed by atoms with E-state index < -0.39 is 11.7 Å². The largest absolute Gasteiger partial charge is 0.416 e. The average Bonchev–Trinajstić information content (AvgIpc) is 2.70. The van der Waals surface area contributed by atoms with Crippen LogP contribution in [0.1, 0.15) is 16.7 Å². The van der Waals surface area contributed by atoms with Crippen LogP contribution in [0.3, 0.4) is 0 Å². The fourth-order valence-corrected chi connectivity index (χ4v) is 3.78. The minimum Gasteiger partial charge on any atom is -0.351 e. The maximum absolute atomic E-state index is 13.6. The molecule has 0 saturated carbocycles. The van der Waals surface area contributed by atoms with Crippen molar-refractivity contribution in [3.63, 3.8) is 0 Å². The highest BCUT2D eigenvalue weighted by Crippen LogP contribution is 2.29. The fraction of sp³-hybridized carbons (Fsp3) is 0.409. The van der Waals surface area contributed by atoms with Gasteiger partial charge in [-0.25, -0.2) is 4.39 Å². The van der Waals surface area contributed by atoms with Gasteiger partial charge in [-0.1, -0.05) is 30.3 Å². The number of hydrogen-bond donors (Lipinski definition) is 3. The number of piperazine rings is 1. The molecular weight excluding hydrogens is 398 g/mol. The van der Waals surface area contributed by atoms with Crippen molar-refractivity contribution in [3.8, 4) is 0 Å². The standard InChI is InChI=1S/C22H25F4N3O/c23-20-7-2-1-5-18(20)8-9-27-21(30)16-29-12-10-28(11-13-29)15-17-4-3-6-19(14-17)22(24,25)26/h1-7,14H,8-13,15-16H2,(H,27,30)/p+2. The molecule has 4 nitrogen and oxygen atoms in total. The summed E-state index contributed by atoms with van der Waals surface area (Å²) in [4.78, 5) is 14.5. The lowest BCUT2D eigenvalue weighted by Gasteiger charge is -2.29. The van der Waals surface area contributed by atoms with Crippen molar-refractivity contribution >= 4 is 5.91 Å². The number of quaternary nitrogens is 2. The molecular formula is C22H27F4N3O+2. The minimum absolute atomic E-state index is 0.0670. The lowest BCUT2D eigenvalue weighted by molar-refractivity contribution is -1.02. The van der Waals surface area contributed by atoms with E-state index in [1.807, 2.05) is 0 Å². The van der Waals surface area contributed by atoms with Crippen molar-refractivity contribution in [2.75, 3.05) is 39.3 Å². The second-order valence-corrected chi connectivity index (χ2v) is 7.74. The van der Waals surface area contributed by atoms with Crippen LogP contribution in [-0.4, -0.2) is 45.2 Å². The Labute approximate surface area is 173 Å². The van der Waals surface area contributed by atoms with Gasteiger partial charge < -0.3 is 15.1 Å². The molecule has 0 radical (unpaired) electrons. The number of hydrogen-bond acceptors (Lipinski definition) is 1. The Hall–Kier alpha value is -2.45. The summed E-state index contributed by atoms with van der Waals surface area (Å²) < 4.78 is 52.2. The quantitative estimate of drug-likeness (QED) is 0.555. The molecule has 1 aliphatic heterocycles. The molecule has 0 aliphatic carbocycles. The SMILES string of the molecule is O=C(C[NH+]1CC[NH+](Cc2cccc(C(F)(F)F)c2)CC1)NCCc1ccccc1F. The van der Waals surface area contributed by atoms with Crippen molar-refractivity contribution in [2.24, 2.45) is 0 Å². The van der Waals surface area contributed by atoms with Crippen molar-refractivity contribution in [1.82, 2.24) is 5.32 Å². The first kappa shape index (κ1) is 22.2. The molecule has 0 unspecified atom stereocenters. The molecule has 8 heteroatoms. The number of nitrogens with one attached hydrogen (secondary N) is 3. The van der Waals surface area contributed by atoms with Crippen molar-refractivity contribution in [3.05, 3.63) is 71.0 Å². The predicted molar refractivity (Wildman–Crippen MR) is 105 cm³/mol. The van der Waals surface area contributed by atoms with Crippen LogP contribution in [0, 0.1) is 5.82 Å². The molecule has 3 N–H and O–H groups in total. The zero-order chi connectivity index (χ0) is 21.6. The first-order valence-electron chi connectivity index (χ1n) is 10.1. The monoisotopic (exact) mass is 425 g/mol. The number of carbonyl (C=O) groups excluding carboxylic acids is 1. The normalized spacial score (nSPS) is 19.5. The van der Waals surface area contributed by atoms with E-state index in [0.717, 1.165) is 37.1 Å². The third-order valence-corrected chi connectivity index (χ3v) is 5.46. The average molecular weight is 425 g/mol. The predicted octanol–water partition coefficient (Wildman–Crippen LogP) is 0.487. The molecule has 162 valence electrons. The highest BCUT2D eigenvalue weighted by Gasteiger charge is 2.31. The zero-order valence-corrected chi connectivity index (χ0v) is 16.7. The Morgan fingerprint density at radius 3 is 2.37 bits per heavy atom. The second-order valence-electron chi connectivity index (χ2n) is 7.74. The van der Waals surface area contributed by atoms with Gasteiger partial charge in [0.15, 0.2) is 6.54 Å². The van der Waals surface area contributed by atoms with E-state index in [9.17, 15) is 22.4 Å². The molecule has 0 bridgehead atoms. The fourth-order valence-electron chi connectivity index (χ4n) is 3.78. The molecule has 1 amide bonds. The third-order valence-electron chi connectivity index (χ3n) is 5.46. The van der Waals surface area contributed by atoms with Gasteiger partial charge in [-0.05, 0) is 30.2 Å². The first-order chi connectivity index (χ1) is 14.3. The summed E-state index contributed by atoms with van der Waals surface area (Å²) in [6, 6.07) is 12.0. The van der Waals surface area contributed by atoms with E-state index in [4.69, 9.17) is 0 Å². The van der Waals surface area contributed by atoms with E-state index in [2.05, 4.69) is 5.32 Å². The molecule has 2 aromatic rings. The lowest BCUT2D eigenvalue weighted by atomic mass is 10.1. The summed E-state index contributed by atoms with van der Waals surface area (Å²) in [5.74, 6) is -0.333. The molecule has 1 aliphatic rings. The van der Waals surface area contributed by atoms with Gasteiger partial charge in [0.1, 0.15) is 38.5 Å². The Bertz CT molecular complexity index is 848. The van der Waals surface area contributed by atoms with Crippen LogP contribution in [0.4, 0.5) is 17.6 Å². The smallest absolute Gasteiger partial charge is 0.351 e. The van der Waals surface area contributed by atoms with Crippen LogP contribution < -0.4 is 15.1 Å². The Morgan fingerprint density at radius 1 is 0.967 bits per heavy atom. The number of alkyl halides is 3. The van der Waals surface area contributed by atoms with Gasteiger partial charge >= 0.3 is 6.18 Å². The van der Waals surface area contributed by atoms with Crippen molar-refractivity contribution < 1.29 is 32.2 Å². The van der Waals surface area contributed by atoms with Crippen molar-refractivity contribution in [1.29, 1.82) is 0 Å². The first-order valence-corrected chi connectivity index (χ1v) is 10.1. The molecule has 1 fully saturated rings. The molecule has 0 aromatic heterocycles. The number of rotatable bonds is 7. The highest BCUT2D eigenvalue weighted by molar-refractivity contribution is 5.76. The summed E-state index contributed by atoms with van der Waals surface area (Å²) in [5, 5.41) is 2.84. The van der Waals surface area contributed by atoms with Crippen LogP contribution in [0.2, 0.25) is 0 Å². The van der Waals surface area contributed by atoms with Gasteiger partial charge in [0, 0.05) is 12.1 Å². The minimum atomic E-state index is -4.33. The number of benzene rings is 2. The maximum atomic E-state index is 13.6. The van der Waals surface area contributed by atoms with Gasteiger partial charge in [-0.3, -0.25) is 4.79 Å². The van der Waals surface area contributed by atoms with Gasteiger partial charge in [0.2, 0.25) is 0 Å². The van der Waals surface area contributed by atoms with E-state index in [-0.39, 0.29) is 11.7 Å². The number of carbonyl (C=O) groups is 1. The van der Waals surface area contributed by atoms with E-state index >= 15 is 0 Å². The van der Waals surface area contributed by atoms with Crippen LogP contribution in [-0.2, 0) is 23.9 Å². The molecule has 30 heavy (non-hydrogen) atoms. The lowest BCUT2D eigenvalue weighted by Crippen LogP contribution is -3.28. The third kappa shape index (κ3) is 6.53. The van der Waals surface area contributed by atoms with Gasteiger partial charge in [-0.2, -0.15) is 13.2 Å². The molecule has 0 spiro atoms. The van der Waals surface area contributed by atoms with Crippen LogP contribution in [0.5, 0.6) is 0 Å². The van der Waals surface area contributed by atoms with Crippen LogP contribution in [0.25, 0.3) is 0 Å². The van der Waals surface area contributed by atoms with E-state index in [1.165, 1.54) is 23.1 Å². The van der Waals surface area contributed by atoms with Crippen LogP contribution >= 0.6 is 0 Å². The number of halogens is 4. The molecule has 1 saturated heterocycles. The molecule has 0 atom stereocenters.